The number of halogens is 3. The molecule has 1 aliphatic heterocycles. The van der Waals surface area contributed by atoms with Crippen LogP contribution < -0.4 is 0 Å². The van der Waals surface area contributed by atoms with Gasteiger partial charge in [0.2, 0.25) is 0 Å². The molecule has 1 aromatic heterocycles. The van der Waals surface area contributed by atoms with E-state index in [-0.39, 0.29) is 6.61 Å². The molecule has 0 aliphatic carbocycles. The number of nitrogens with one attached hydrogen (secondary N) is 1. The lowest BCUT2D eigenvalue weighted by Gasteiger charge is -2.38. The number of hydrogen-bond donors (Lipinski definition) is 2. The number of carbonyl (C=O) groups is 1. The SMILES string of the molecule is CCOC(=O)c1[nH]c2cc(Cl)cc(Cl)c2c1CN1CCC(O)(c2ccc(Cl)cc2)CC1. The number of aromatic amines is 1. The Balaban J connectivity index is 1.59. The van der Waals surface area contributed by atoms with E-state index in [0.29, 0.717) is 58.8 Å². The Morgan fingerprint density at radius 2 is 1.81 bits per heavy atom. The molecule has 0 spiro atoms. The van der Waals surface area contributed by atoms with Crippen molar-refractivity contribution in [1.29, 1.82) is 0 Å². The van der Waals surface area contributed by atoms with Crippen molar-refractivity contribution in [3.05, 3.63) is 68.3 Å². The molecular formula is C23H23Cl3N2O3. The van der Waals surface area contributed by atoms with Gasteiger partial charge in [0.1, 0.15) is 5.69 Å². The van der Waals surface area contributed by atoms with Gasteiger partial charge in [0.15, 0.2) is 0 Å². The number of nitrogens with zero attached hydrogens (tertiary/aromatic N) is 1. The Kier molecular flexibility index (Phi) is 6.52. The maximum Gasteiger partial charge on any atom is 0.355 e. The maximum absolute atomic E-state index is 12.6. The third kappa shape index (κ3) is 4.57. The van der Waals surface area contributed by atoms with Crippen LogP contribution in [0.2, 0.25) is 15.1 Å². The summed E-state index contributed by atoms with van der Waals surface area (Å²) >= 11 is 18.6. The summed E-state index contributed by atoms with van der Waals surface area (Å²) < 4.78 is 5.24. The average molecular weight is 482 g/mol. The van der Waals surface area contributed by atoms with E-state index in [0.717, 1.165) is 16.5 Å². The summed E-state index contributed by atoms with van der Waals surface area (Å²) in [5.74, 6) is -0.421. The van der Waals surface area contributed by atoms with E-state index in [1.807, 2.05) is 12.1 Å². The number of ether oxygens (including phenoxy) is 1. The Labute approximate surface area is 195 Å². The number of aromatic nitrogens is 1. The van der Waals surface area contributed by atoms with E-state index in [2.05, 4.69) is 9.88 Å². The lowest BCUT2D eigenvalue weighted by Crippen LogP contribution is -2.42. The monoisotopic (exact) mass is 480 g/mol. The van der Waals surface area contributed by atoms with Gasteiger partial charge < -0.3 is 14.8 Å². The lowest BCUT2D eigenvalue weighted by atomic mass is 9.84. The summed E-state index contributed by atoms with van der Waals surface area (Å²) in [5, 5.41) is 13.5. The molecule has 1 aliphatic rings. The van der Waals surface area contributed by atoms with Gasteiger partial charge in [-0.25, -0.2) is 4.79 Å². The summed E-state index contributed by atoms with van der Waals surface area (Å²) in [5.41, 5.74) is 1.85. The number of likely N-dealkylation sites (tertiary alicyclic amines) is 1. The molecule has 2 heterocycles. The molecular weight excluding hydrogens is 459 g/mol. The van der Waals surface area contributed by atoms with Gasteiger partial charge in [-0.05, 0) is 49.6 Å². The molecule has 1 fully saturated rings. The Morgan fingerprint density at radius 3 is 2.45 bits per heavy atom. The fraction of sp³-hybridized carbons (Fsp3) is 0.348. The minimum Gasteiger partial charge on any atom is -0.461 e. The van der Waals surface area contributed by atoms with Gasteiger partial charge in [-0.15, -0.1) is 0 Å². The number of esters is 1. The largest absolute Gasteiger partial charge is 0.461 e. The number of carbonyl (C=O) groups excluding carboxylic acids is 1. The summed E-state index contributed by atoms with van der Waals surface area (Å²) in [6.45, 7) is 3.89. The molecule has 8 heteroatoms. The van der Waals surface area contributed by atoms with Crippen molar-refractivity contribution in [3.8, 4) is 0 Å². The van der Waals surface area contributed by atoms with Crippen LogP contribution in [0.3, 0.4) is 0 Å². The third-order valence-electron chi connectivity index (χ3n) is 5.84. The molecule has 31 heavy (non-hydrogen) atoms. The van der Waals surface area contributed by atoms with Crippen LogP contribution in [0.15, 0.2) is 36.4 Å². The second kappa shape index (κ2) is 9.00. The third-order valence-corrected chi connectivity index (χ3v) is 6.61. The Hall–Kier alpha value is -1.76. The zero-order chi connectivity index (χ0) is 22.2. The van der Waals surface area contributed by atoms with Crippen molar-refractivity contribution in [2.45, 2.75) is 31.9 Å². The van der Waals surface area contributed by atoms with Crippen LogP contribution in [-0.4, -0.2) is 40.7 Å². The first-order valence-electron chi connectivity index (χ1n) is 10.2. The van der Waals surface area contributed by atoms with Crippen LogP contribution in [0.5, 0.6) is 0 Å². The molecule has 2 aromatic carbocycles. The van der Waals surface area contributed by atoms with Gasteiger partial charge in [-0.2, -0.15) is 0 Å². The summed E-state index contributed by atoms with van der Waals surface area (Å²) in [6.07, 6.45) is 1.15. The van der Waals surface area contributed by atoms with Gasteiger partial charge in [-0.1, -0.05) is 46.9 Å². The number of aliphatic hydroxyl groups is 1. The molecule has 5 nitrogen and oxygen atoms in total. The molecule has 1 saturated heterocycles. The Morgan fingerprint density at radius 1 is 1.13 bits per heavy atom. The molecule has 164 valence electrons. The van der Waals surface area contributed by atoms with E-state index < -0.39 is 11.6 Å². The van der Waals surface area contributed by atoms with Crippen molar-refractivity contribution in [2.24, 2.45) is 0 Å². The standard InChI is InChI=1S/C23H23Cl3N2O3/c1-2-31-22(29)21-17(20-18(26)11-16(25)12-19(20)27-21)13-28-9-7-23(30,8-10-28)14-3-5-15(24)6-4-14/h3-6,11-12,27,30H,2,7-10,13H2,1H3. The molecule has 4 rings (SSSR count). The van der Waals surface area contributed by atoms with Crippen LogP contribution in [0, 0.1) is 0 Å². The fourth-order valence-corrected chi connectivity index (χ4v) is 4.94. The lowest BCUT2D eigenvalue weighted by molar-refractivity contribution is -0.0277. The first kappa shape index (κ1) is 22.4. The average Bonchev–Trinajstić information content (AvgIpc) is 3.09. The van der Waals surface area contributed by atoms with Gasteiger partial charge in [0.05, 0.1) is 17.2 Å². The highest BCUT2D eigenvalue weighted by Crippen LogP contribution is 2.37. The van der Waals surface area contributed by atoms with E-state index in [1.165, 1.54) is 0 Å². The predicted octanol–water partition coefficient (Wildman–Crippen LogP) is 5.79. The molecule has 2 N–H and O–H groups in total. The van der Waals surface area contributed by atoms with Crippen molar-refractivity contribution >= 4 is 51.7 Å². The highest BCUT2D eigenvalue weighted by molar-refractivity contribution is 6.39. The number of benzene rings is 2. The minimum absolute atomic E-state index is 0.278. The topological polar surface area (TPSA) is 65.6 Å². The summed E-state index contributed by atoms with van der Waals surface area (Å²) in [4.78, 5) is 17.9. The van der Waals surface area contributed by atoms with E-state index in [9.17, 15) is 9.90 Å². The number of piperidine rings is 1. The van der Waals surface area contributed by atoms with Crippen LogP contribution in [-0.2, 0) is 16.9 Å². The van der Waals surface area contributed by atoms with Crippen LogP contribution >= 0.6 is 34.8 Å². The smallest absolute Gasteiger partial charge is 0.355 e. The molecule has 0 saturated carbocycles. The molecule has 0 radical (unpaired) electrons. The quantitative estimate of drug-likeness (QED) is 0.453. The van der Waals surface area contributed by atoms with Gasteiger partial charge >= 0.3 is 5.97 Å². The second-order valence-electron chi connectivity index (χ2n) is 7.82. The number of H-pyrrole nitrogens is 1. The molecule has 0 amide bonds. The maximum atomic E-state index is 12.6. The Bertz CT molecular complexity index is 1100. The highest BCUT2D eigenvalue weighted by Gasteiger charge is 2.34. The van der Waals surface area contributed by atoms with Crippen LogP contribution in [0.4, 0.5) is 0 Å². The number of hydrogen-bond acceptors (Lipinski definition) is 4. The van der Waals surface area contributed by atoms with E-state index >= 15 is 0 Å². The summed E-state index contributed by atoms with van der Waals surface area (Å²) in [6, 6.07) is 10.8. The normalized spacial score (nSPS) is 16.5. The zero-order valence-corrected chi connectivity index (χ0v) is 19.3. The van der Waals surface area contributed by atoms with Gasteiger partial charge in [-0.3, -0.25) is 4.90 Å². The van der Waals surface area contributed by atoms with Crippen molar-refractivity contribution in [2.75, 3.05) is 19.7 Å². The summed E-state index contributed by atoms with van der Waals surface area (Å²) in [7, 11) is 0. The van der Waals surface area contributed by atoms with E-state index in [1.54, 1.807) is 31.2 Å². The number of rotatable bonds is 5. The van der Waals surface area contributed by atoms with Crippen LogP contribution in [0.1, 0.15) is 41.4 Å². The van der Waals surface area contributed by atoms with Crippen molar-refractivity contribution in [3.63, 3.8) is 0 Å². The highest BCUT2D eigenvalue weighted by atomic mass is 35.5. The van der Waals surface area contributed by atoms with Gasteiger partial charge in [0.25, 0.3) is 0 Å². The van der Waals surface area contributed by atoms with Crippen molar-refractivity contribution in [1.82, 2.24) is 9.88 Å². The molecule has 0 atom stereocenters. The van der Waals surface area contributed by atoms with Gasteiger partial charge in [0, 0.05) is 46.1 Å². The number of fused-ring (bicyclic) bond motifs is 1. The van der Waals surface area contributed by atoms with E-state index in [4.69, 9.17) is 39.5 Å². The fourth-order valence-electron chi connectivity index (χ4n) is 4.20. The molecule has 3 aromatic rings. The predicted molar refractivity (Wildman–Crippen MR) is 124 cm³/mol. The van der Waals surface area contributed by atoms with Crippen molar-refractivity contribution < 1.29 is 14.6 Å². The molecule has 0 bridgehead atoms. The van der Waals surface area contributed by atoms with Crippen LogP contribution in [0.25, 0.3) is 10.9 Å². The molecule has 0 unspecified atom stereocenters. The zero-order valence-electron chi connectivity index (χ0n) is 17.1. The first-order chi connectivity index (χ1) is 14.8. The second-order valence-corrected chi connectivity index (χ2v) is 9.10. The first-order valence-corrected chi connectivity index (χ1v) is 11.3. The minimum atomic E-state index is -0.892.